The summed E-state index contributed by atoms with van der Waals surface area (Å²) in [5.41, 5.74) is 2.46. The normalized spacial score (nSPS) is 10.8. The number of carbonyl (C=O) groups excluding carboxylic acids is 1. The molecule has 0 aliphatic rings. The molecule has 0 saturated heterocycles. The minimum atomic E-state index is -0.446. The van der Waals surface area contributed by atoms with Crippen molar-refractivity contribution < 1.29 is 19.0 Å². The van der Waals surface area contributed by atoms with Crippen molar-refractivity contribution in [1.29, 1.82) is 0 Å². The summed E-state index contributed by atoms with van der Waals surface area (Å²) in [5.74, 6) is 1.75. The zero-order valence-corrected chi connectivity index (χ0v) is 19.6. The third-order valence-electron chi connectivity index (χ3n) is 5.03. The summed E-state index contributed by atoms with van der Waals surface area (Å²) in [7, 11) is 0. The molecule has 4 aromatic rings. The molecule has 6 nitrogen and oxygen atoms in total. The van der Waals surface area contributed by atoms with Gasteiger partial charge in [0.25, 0.3) is 0 Å². The van der Waals surface area contributed by atoms with Gasteiger partial charge in [0.15, 0.2) is 12.4 Å². The number of esters is 1. The van der Waals surface area contributed by atoms with Crippen LogP contribution in [0.15, 0.2) is 72.8 Å². The lowest BCUT2D eigenvalue weighted by molar-refractivity contribution is -0.145. The van der Waals surface area contributed by atoms with Gasteiger partial charge in [0.2, 0.25) is 5.88 Å². The number of fused-ring (bicyclic) bond motifs is 1. The molecule has 0 aliphatic carbocycles. The van der Waals surface area contributed by atoms with Gasteiger partial charge < -0.3 is 14.2 Å². The molecule has 1 aromatic heterocycles. The largest absolute Gasteiger partial charge is 0.494 e. The van der Waals surface area contributed by atoms with E-state index in [1.807, 2.05) is 66.7 Å². The van der Waals surface area contributed by atoms with Gasteiger partial charge in [0, 0.05) is 23.1 Å². The standard InChI is InChI=1S/C27H25ClN2O4/c1-2-32-26(31)18-34-25-17-24(19-7-4-3-5-8-19)29-27(30-25)22-10-9-21-16-23(33-14-6-13-28)12-11-20(21)15-22/h3-5,7-12,15-17H,2,6,13-14,18H2,1H3. The van der Waals surface area contributed by atoms with E-state index in [4.69, 9.17) is 30.8 Å². The molecule has 0 aliphatic heterocycles. The average molecular weight is 477 g/mol. The SMILES string of the molecule is CCOC(=O)COc1cc(-c2ccccc2)nc(-c2ccc3cc(OCCCCl)ccc3c2)n1. The van der Waals surface area contributed by atoms with Crippen LogP contribution in [-0.2, 0) is 9.53 Å². The van der Waals surface area contributed by atoms with E-state index in [1.54, 1.807) is 13.0 Å². The van der Waals surface area contributed by atoms with Crippen molar-refractivity contribution in [2.24, 2.45) is 0 Å². The summed E-state index contributed by atoms with van der Waals surface area (Å²) in [4.78, 5) is 21.1. The highest BCUT2D eigenvalue weighted by Crippen LogP contribution is 2.29. The maximum atomic E-state index is 11.8. The topological polar surface area (TPSA) is 70.5 Å². The first-order valence-corrected chi connectivity index (χ1v) is 11.7. The first kappa shape index (κ1) is 23.5. The van der Waals surface area contributed by atoms with Gasteiger partial charge in [0.1, 0.15) is 5.75 Å². The van der Waals surface area contributed by atoms with E-state index in [9.17, 15) is 4.79 Å². The highest BCUT2D eigenvalue weighted by Gasteiger charge is 2.12. The van der Waals surface area contributed by atoms with Gasteiger partial charge in [-0.05, 0) is 42.3 Å². The number of aromatic nitrogens is 2. The van der Waals surface area contributed by atoms with Crippen molar-refractivity contribution in [3.05, 3.63) is 72.8 Å². The number of benzene rings is 3. The fourth-order valence-electron chi connectivity index (χ4n) is 3.42. The minimum absolute atomic E-state index is 0.220. The average Bonchev–Trinajstić information content (AvgIpc) is 2.88. The molecule has 174 valence electrons. The van der Waals surface area contributed by atoms with Gasteiger partial charge in [-0.1, -0.05) is 48.5 Å². The Labute approximate surface area is 203 Å². The first-order chi connectivity index (χ1) is 16.7. The van der Waals surface area contributed by atoms with E-state index in [0.29, 0.717) is 36.5 Å². The second-order valence-electron chi connectivity index (χ2n) is 7.49. The molecule has 0 spiro atoms. The molecule has 0 bridgehead atoms. The van der Waals surface area contributed by atoms with Crippen LogP contribution in [-0.4, -0.2) is 41.6 Å². The molecule has 34 heavy (non-hydrogen) atoms. The Morgan fingerprint density at radius 1 is 0.882 bits per heavy atom. The zero-order valence-electron chi connectivity index (χ0n) is 18.9. The van der Waals surface area contributed by atoms with Crippen LogP contribution in [0.25, 0.3) is 33.4 Å². The molecule has 0 amide bonds. The summed E-state index contributed by atoms with van der Waals surface area (Å²) in [6, 6.07) is 23.4. The minimum Gasteiger partial charge on any atom is -0.494 e. The molecular formula is C27H25ClN2O4. The summed E-state index contributed by atoms with van der Waals surface area (Å²) >= 11 is 5.73. The van der Waals surface area contributed by atoms with Crippen LogP contribution in [0.3, 0.4) is 0 Å². The summed E-state index contributed by atoms with van der Waals surface area (Å²) in [5, 5.41) is 2.08. The van der Waals surface area contributed by atoms with Crippen molar-refractivity contribution in [2.45, 2.75) is 13.3 Å². The molecule has 1 heterocycles. The number of hydrogen-bond acceptors (Lipinski definition) is 6. The Morgan fingerprint density at radius 2 is 1.68 bits per heavy atom. The van der Waals surface area contributed by atoms with E-state index in [0.717, 1.165) is 34.1 Å². The van der Waals surface area contributed by atoms with E-state index in [1.165, 1.54) is 0 Å². The zero-order chi connectivity index (χ0) is 23.8. The van der Waals surface area contributed by atoms with Crippen LogP contribution in [0.5, 0.6) is 11.6 Å². The Bertz CT molecular complexity index is 1260. The molecule has 4 rings (SSSR count). The lowest BCUT2D eigenvalue weighted by Crippen LogP contribution is -2.15. The van der Waals surface area contributed by atoms with Gasteiger partial charge in [-0.15, -0.1) is 11.6 Å². The van der Waals surface area contributed by atoms with Crippen molar-refractivity contribution in [1.82, 2.24) is 9.97 Å². The highest BCUT2D eigenvalue weighted by molar-refractivity contribution is 6.17. The van der Waals surface area contributed by atoms with Crippen LogP contribution in [0.2, 0.25) is 0 Å². The molecule has 0 N–H and O–H groups in total. The smallest absolute Gasteiger partial charge is 0.344 e. The van der Waals surface area contributed by atoms with Gasteiger partial charge in [0.05, 0.1) is 18.9 Å². The van der Waals surface area contributed by atoms with Gasteiger partial charge in [-0.2, -0.15) is 4.98 Å². The number of rotatable bonds is 10. The first-order valence-electron chi connectivity index (χ1n) is 11.1. The number of halogens is 1. The maximum absolute atomic E-state index is 11.8. The summed E-state index contributed by atoms with van der Waals surface area (Å²) in [6.07, 6.45) is 0.800. The predicted molar refractivity (Wildman–Crippen MR) is 133 cm³/mol. The molecule has 0 unspecified atom stereocenters. The van der Waals surface area contributed by atoms with E-state index in [-0.39, 0.29) is 6.61 Å². The van der Waals surface area contributed by atoms with Gasteiger partial charge >= 0.3 is 5.97 Å². The van der Waals surface area contributed by atoms with Crippen LogP contribution in [0, 0.1) is 0 Å². The predicted octanol–water partition coefficient (Wildman–Crippen LogP) is 5.91. The molecular weight excluding hydrogens is 452 g/mol. The van der Waals surface area contributed by atoms with E-state index < -0.39 is 5.97 Å². The van der Waals surface area contributed by atoms with E-state index >= 15 is 0 Å². The van der Waals surface area contributed by atoms with Crippen molar-refractivity contribution in [3.8, 4) is 34.3 Å². The molecule has 0 radical (unpaired) electrons. The van der Waals surface area contributed by atoms with Crippen LogP contribution >= 0.6 is 11.6 Å². The molecule has 0 atom stereocenters. The number of carbonyl (C=O) groups is 1. The second-order valence-corrected chi connectivity index (χ2v) is 7.87. The van der Waals surface area contributed by atoms with Crippen LogP contribution < -0.4 is 9.47 Å². The van der Waals surface area contributed by atoms with Gasteiger partial charge in [-0.25, -0.2) is 9.78 Å². The Morgan fingerprint density at radius 3 is 2.47 bits per heavy atom. The molecule has 7 heteroatoms. The van der Waals surface area contributed by atoms with Crippen molar-refractivity contribution in [3.63, 3.8) is 0 Å². The second kappa shape index (κ2) is 11.5. The number of alkyl halides is 1. The Kier molecular flexibility index (Phi) is 7.94. The Balaban J connectivity index is 1.66. The highest BCUT2D eigenvalue weighted by atomic mass is 35.5. The number of hydrogen-bond donors (Lipinski definition) is 0. The monoisotopic (exact) mass is 476 g/mol. The molecule has 0 saturated carbocycles. The van der Waals surface area contributed by atoms with Crippen molar-refractivity contribution in [2.75, 3.05) is 25.7 Å². The quantitative estimate of drug-likeness (QED) is 0.161. The van der Waals surface area contributed by atoms with Crippen molar-refractivity contribution >= 4 is 28.3 Å². The molecule has 0 fully saturated rings. The fourth-order valence-corrected chi connectivity index (χ4v) is 3.53. The van der Waals surface area contributed by atoms with Crippen LogP contribution in [0.1, 0.15) is 13.3 Å². The lowest BCUT2D eigenvalue weighted by Gasteiger charge is -2.11. The maximum Gasteiger partial charge on any atom is 0.344 e. The third kappa shape index (κ3) is 6.02. The lowest BCUT2D eigenvalue weighted by atomic mass is 10.1. The van der Waals surface area contributed by atoms with Gasteiger partial charge in [-0.3, -0.25) is 0 Å². The summed E-state index contributed by atoms with van der Waals surface area (Å²) in [6.45, 7) is 2.41. The van der Waals surface area contributed by atoms with Crippen LogP contribution in [0.4, 0.5) is 0 Å². The number of ether oxygens (including phenoxy) is 3. The third-order valence-corrected chi connectivity index (χ3v) is 5.30. The molecule has 3 aromatic carbocycles. The van der Waals surface area contributed by atoms with E-state index in [2.05, 4.69) is 4.98 Å². The summed E-state index contributed by atoms with van der Waals surface area (Å²) < 4.78 is 16.4. The fraction of sp³-hybridized carbons (Fsp3) is 0.222. The number of nitrogens with zero attached hydrogens (tertiary/aromatic N) is 2. The Hall–Kier alpha value is -3.64.